The molecule has 0 amide bonds. The van der Waals surface area contributed by atoms with E-state index in [2.05, 4.69) is 48.4 Å². The molecule has 0 radical (unpaired) electrons. The molecule has 0 saturated heterocycles. The molecule has 0 saturated carbocycles. The van der Waals surface area contributed by atoms with Crippen molar-refractivity contribution < 1.29 is 4.74 Å². The first-order valence-electron chi connectivity index (χ1n) is 7.69. The summed E-state index contributed by atoms with van der Waals surface area (Å²) in [5.74, 6) is 1.05. The molecule has 2 aromatic rings. The number of benzene rings is 1. The fourth-order valence-electron chi connectivity index (χ4n) is 2.89. The zero-order valence-corrected chi connectivity index (χ0v) is 12.7. The third kappa shape index (κ3) is 3.24. The van der Waals surface area contributed by atoms with E-state index in [0.717, 1.165) is 30.8 Å². The van der Waals surface area contributed by atoms with E-state index in [-0.39, 0.29) is 0 Å². The van der Waals surface area contributed by atoms with Gasteiger partial charge in [-0.15, -0.1) is 0 Å². The Morgan fingerprint density at radius 3 is 3.00 bits per heavy atom. The maximum atomic E-state index is 5.77. The molecule has 1 aromatic heterocycles. The van der Waals surface area contributed by atoms with Crippen LogP contribution in [-0.2, 0) is 13.0 Å². The average molecular weight is 282 g/mol. The molecule has 1 aromatic carbocycles. The summed E-state index contributed by atoms with van der Waals surface area (Å²) >= 11 is 0. The Morgan fingerprint density at radius 1 is 1.33 bits per heavy atom. The SMILES string of the molecule is CC[C@H](NCc1ccccn1)c1ccc2c(c1)C[C@H](C)O2. The second kappa shape index (κ2) is 6.27. The van der Waals surface area contributed by atoms with E-state index in [1.54, 1.807) is 0 Å². The number of nitrogens with zero attached hydrogens (tertiary/aromatic N) is 1. The Morgan fingerprint density at radius 2 is 2.24 bits per heavy atom. The molecule has 3 heteroatoms. The molecule has 2 heterocycles. The minimum atomic E-state index is 0.303. The Labute approximate surface area is 126 Å². The van der Waals surface area contributed by atoms with Crippen LogP contribution in [0.15, 0.2) is 42.6 Å². The lowest BCUT2D eigenvalue weighted by molar-refractivity contribution is 0.254. The largest absolute Gasteiger partial charge is 0.490 e. The Bertz CT molecular complexity index is 597. The molecule has 3 nitrogen and oxygen atoms in total. The van der Waals surface area contributed by atoms with Gasteiger partial charge >= 0.3 is 0 Å². The molecule has 0 bridgehead atoms. The van der Waals surface area contributed by atoms with Gasteiger partial charge in [-0.2, -0.15) is 0 Å². The standard InChI is InChI=1S/C18H22N2O/c1-3-17(20-12-16-6-4-5-9-19-16)14-7-8-18-15(11-14)10-13(2)21-18/h4-9,11,13,17,20H,3,10,12H2,1-2H3/t13-,17-/m0/s1. The number of hydrogen-bond donors (Lipinski definition) is 1. The van der Waals surface area contributed by atoms with Crippen LogP contribution in [0.1, 0.15) is 43.1 Å². The number of nitrogens with one attached hydrogen (secondary N) is 1. The van der Waals surface area contributed by atoms with Gasteiger partial charge in [0, 0.05) is 25.2 Å². The average Bonchev–Trinajstić information content (AvgIpc) is 2.88. The molecule has 0 aliphatic carbocycles. The molecule has 1 aliphatic rings. The van der Waals surface area contributed by atoms with Gasteiger partial charge in [0.1, 0.15) is 11.9 Å². The summed E-state index contributed by atoms with van der Waals surface area (Å²) in [5.41, 5.74) is 3.75. The summed E-state index contributed by atoms with van der Waals surface area (Å²) in [5, 5.41) is 3.60. The lowest BCUT2D eigenvalue weighted by Gasteiger charge is -2.18. The van der Waals surface area contributed by atoms with E-state index in [9.17, 15) is 0 Å². The molecule has 1 aliphatic heterocycles. The number of rotatable bonds is 5. The van der Waals surface area contributed by atoms with Crippen molar-refractivity contribution in [3.63, 3.8) is 0 Å². The zero-order valence-electron chi connectivity index (χ0n) is 12.7. The van der Waals surface area contributed by atoms with Gasteiger partial charge in [-0.05, 0) is 42.7 Å². The maximum absolute atomic E-state index is 5.77. The zero-order chi connectivity index (χ0) is 14.7. The van der Waals surface area contributed by atoms with Crippen molar-refractivity contribution in [1.29, 1.82) is 0 Å². The van der Waals surface area contributed by atoms with E-state index in [4.69, 9.17) is 4.74 Å². The molecule has 0 spiro atoms. The van der Waals surface area contributed by atoms with Crippen molar-refractivity contribution in [2.45, 2.75) is 45.4 Å². The summed E-state index contributed by atoms with van der Waals surface area (Å²) in [4.78, 5) is 4.36. The Hall–Kier alpha value is -1.87. The first-order chi connectivity index (χ1) is 10.3. The van der Waals surface area contributed by atoms with Crippen LogP contribution in [0.3, 0.4) is 0 Å². The van der Waals surface area contributed by atoms with E-state index in [1.165, 1.54) is 11.1 Å². The van der Waals surface area contributed by atoms with Crippen LogP contribution in [0.5, 0.6) is 5.75 Å². The third-order valence-corrected chi connectivity index (χ3v) is 3.99. The predicted octanol–water partition coefficient (Wildman–Crippen LogP) is 3.65. The number of aromatic nitrogens is 1. The van der Waals surface area contributed by atoms with Crippen LogP contribution >= 0.6 is 0 Å². The minimum absolute atomic E-state index is 0.303. The van der Waals surface area contributed by atoms with Gasteiger partial charge < -0.3 is 10.1 Å². The topological polar surface area (TPSA) is 34.2 Å². The van der Waals surface area contributed by atoms with Crippen LogP contribution in [0.4, 0.5) is 0 Å². The summed E-state index contributed by atoms with van der Waals surface area (Å²) in [7, 11) is 0. The van der Waals surface area contributed by atoms with Crippen molar-refractivity contribution in [1.82, 2.24) is 10.3 Å². The van der Waals surface area contributed by atoms with Crippen LogP contribution in [0.25, 0.3) is 0 Å². The minimum Gasteiger partial charge on any atom is -0.490 e. The smallest absolute Gasteiger partial charge is 0.123 e. The normalized spacial score (nSPS) is 18.1. The van der Waals surface area contributed by atoms with Crippen molar-refractivity contribution in [3.8, 4) is 5.75 Å². The highest BCUT2D eigenvalue weighted by Crippen LogP contribution is 2.31. The van der Waals surface area contributed by atoms with E-state index >= 15 is 0 Å². The highest BCUT2D eigenvalue weighted by Gasteiger charge is 2.20. The summed E-state index contributed by atoms with van der Waals surface area (Å²) in [6.45, 7) is 5.13. The van der Waals surface area contributed by atoms with Gasteiger partial charge in [0.25, 0.3) is 0 Å². The van der Waals surface area contributed by atoms with E-state index < -0.39 is 0 Å². The Balaban J connectivity index is 1.70. The van der Waals surface area contributed by atoms with Gasteiger partial charge in [0.2, 0.25) is 0 Å². The van der Waals surface area contributed by atoms with Gasteiger partial charge in [0.15, 0.2) is 0 Å². The fraction of sp³-hybridized carbons (Fsp3) is 0.389. The van der Waals surface area contributed by atoms with E-state index in [0.29, 0.717) is 12.1 Å². The highest BCUT2D eigenvalue weighted by atomic mass is 16.5. The molecule has 3 rings (SSSR count). The first kappa shape index (κ1) is 14.1. The summed E-state index contributed by atoms with van der Waals surface area (Å²) in [6, 6.07) is 13.0. The molecule has 21 heavy (non-hydrogen) atoms. The van der Waals surface area contributed by atoms with Gasteiger partial charge in [-0.3, -0.25) is 4.98 Å². The summed E-state index contributed by atoms with van der Waals surface area (Å²) < 4.78 is 5.77. The molecule has 110 valence electrons. The monoisotopic (exact) mass is 282 g/mol. The molecule has 0 fully saturated rings. The van der Waals surface area contributed by atoms with E-state index in [1.807, 2.05) is 18.3 Å². The lowest BCUT2D eigenvalue weighted by Crippen LogP contribution is -2.20. The van der Waals surface area contributed by atoms with Gasteiger partial charge in [0.05, 0.1) is 5.69 Å². The van der Waals surface area contributed by atoms with Crippen molar-refractivity contribution in [2.24, 2.45) is 0 Å². The quantitative estimate of drug-likeness (QED) is 0.909. The molecule has 0 unspecified atom stereocenters. The lowest BCUT2D eigenvalue weighted by atomic mass is 10.00. The molecule has 1 N–H and O–H groups in total. The third-order valence-electron chi connectivity index (χ3n) is 3.99. The van der Waals surface area contributed by atoms with Gasteiger partial charge in [-0.25, -0.2) is 0 Å². The fourth-order valence-corrected chi connectivity index (χ4v) is 2.89. The maximum Gasteiger partial charge on any atom is 0.123 e. The second-order valence-electron chi connectivity index (χ2n) is 5.66. The first-order valence-corrected chi connectivity index (χ1v) is 7.69. The van der Waals surface area contributed by atoms with Crippen molar-refractivity contribution >= 4 is 0 Å². The van der Waals surface area contributed by atoms with Crippen molar-refractivity contribution in [3.05, 3.63) is 59.4 Å². The highest BCUT2D eigenvalue weighted by molar-refractivity contribution is 5.41. The van der Waals surface area contributed by atoms with Crippen LogP contribution < -0.4 is 10.1 Å². The predicted molar refractivity (Wildman–Crippen MR) is 84.3 cm³/mol. The van der Waals surface area contributed by atoms with Gasteiger partial charge in [-0.1, -0.05) is 25.1 Å². The van der Waals surface area contributed by atoms with Crippen LogP contribution in [0, 0.1) is 0 Å². The molecular formula is C18H22N2O. The molecular weight excluding hydrogens is 260 g/mol. The number of hydrogen-bond acceptors (Lipinski definition) is 3. The number of pyridine rings is 1. The van der Waals surface area contributed by atoms with Crippen molar-refractivity contribution in [2.75, 3.05) is 0 Å². The number of fused-ring (bicyclic) bond motifs is 1. The second-order valence-corrected chi connectivity index (χ2v) is 5.66. The summed E-state index contributed by atoms with van der Waals surface area (Å²) in [6.07, 6.45) is 4.21. The van der Waals surface area contributed by atoms with Crippen LogP contribution in [-0.4, -0.2) is 11.1 Å². The number of ether oxygens (including phenoxy) is 1. The van der Waals surface area contributed by atoms with Crippen LogP contribution in [0.2, 0.25) is 0 Å². The Kier molecular flexibility index (Phi) is 4.20. The molecule has 2 atom stereocenters.